The van der Waals surface area contributed by atoms with E-state index in [1.165, 1.54) is 7.11 Å². The van der Waals surface area contributed by atoms with E-state index in [9.17, 15) is 9.59 Å². The Kier molecular flexibility index (Phi) is 4.85. The molecule has 0 bridgehead atoms. The van der Waals surface area contributed by atoms with Crippen molar-refractivity contribution < 1.29 is 19.4 Å². The third-order valence-corrected chi connectivity index (χ3v) is 2.71. The summed E-state index contributed by atoms with van der Waals surface area (Å²) in [5.74, 6) is -1.53. The molecule has 0 aliphatic rings. The summed E-state index contributed by atoms with van der Waals surface area (Å²) in [7, 11) is 1.39. The fraction of sp³-hybridized carbons (Fsp3) is 0.385. The summed E-state index contributed by atoms with van der Waals surface area (Å²) in [5.41, 5.74) is 2.51. The summed E-state index contributed by atoms with van der Waals surface area (Å²) >= 11 is 0. The molecular formula is C13H17NO4. The molecule has 1 rings (SSSR count). The van der Waals surface area contributed by atoms with Crippen molar-refractivity contribution in [2.45, 2.75) is 19.9 Å². The number of nitrogens with one attached hydrogen (secondary N) is 1. The molecule has 2 N–H and O–H groups in total. The number of carbonyl (C=O) groups excluding carboxylic acids is 1. The number of hydrogen-bond donors (Lipinski definition) is 2. The topological polar surface area (TPSA) is 75.6 Å². The van der Waals surface area contributed by atoms with Crippen LogP contribution in [0.1, 0.15) is 21.5 Å². The number of carboxylic acid groups (broad SMARTS) is 1. The van der Waals surface area contributed by atoms with Gasteiger partial charge in [0.2, 0.25) is 0 Å². The lowest BCUT2D eigenvalue weighted by atomic mass is 10.1. The molecule has 1 amide bonds. The van der Waals surface area contributed by atoms with Gasteiger partial charge >= 0.3 is 5.97 Å². The largest absolute Gasteiger partial charge is 0.480 e. The Hall–Kier alpha value is -1.88. The van der Waals surface area contributed by atoms with Crippen molar-refractivity contribution in [3.63, 3.8) is 0 Å². The number of rotatable bonds is 5. The average molecular weight is 251 g/mol. The van der Waals surface area contributed by atoms with Gasteiger partial charge in [0.05, 0.1) is 6.61 Å². The summed E-state index contributed by atoms with van der Waals surface area (Å²) in [6.07, 6.45) is 0. The molecule has 0 aliphatic carbocycles. The normalized spacial score (nSPS) is 11.9. The van der Waals surface area contributed by atoms with Gasteiger partial charge in [0.15, 0.2) is 6.04 Å². The SMILES string of the molecule is COCC(NC(=O)c1ccc(C)c(C)c1)C(=O)O. The van der Waals surface area contributed by atoms with E-state index in [1.54, 1.807) is 12.1 Å². The summed E-state index contributed by atoms with van der Waals surface area (Å²) in [6, 6.07) is 4.19. The molecule has 1 atom stereocenters. The number of ether oxygens (including phenoxy) is 1. The van der Waals surface area contributed by atoms with Gasteiger partial charge in [-0.15, -0.1) is 0 Å². The van der Waals surface area contributed by atoms with Crippen molar-refractivity contribution in [1.29, 1.82) is 0 Å². The first-order chi connectivity index (χ1) is 8.45. The number of hydrogen-bond acceptors (Lipinski definition) is 3. The predicted octanol–water partition coefficient (Wildman–Crippen LogP) is 1.13. The highest BCUT2D eigenvalue weighted by Crippen LogP contribution is 2.09. The molecule has 0 aromatic heterocycles. The van der Waals surface area contributed by atoms with Crippen LogP contribution in [0.15, 0.2) is 18.2 Å². The van der Waals surface area contributed by atoms with Crippen LogP contribution in [0.5, 0.6) is 0 Å². The second-order valence-electron chi connectivity index (χ2n) is 4.12. The Morgan fingerprint density at radius 2 is 2.00 bits per heavy atom. The number of carboxylic acids is 1. The second kappa shape index (κ2) is 6.16. The van der Waals surface area contributed by atoms with Gasteiger partial charge in [-0.3, -0.25) is 4.79 Å². The number of amides is 1. The van der Waals surface area contributed by atoms with E-state index in [4.69, 9.17) is 9.84 Å². The van der Waals surface area contributed by atoms with E-state index in [0.717, 1.165) is 11.1 Å². The standard InChI is InChI=1S/C13H17NO4/c1-8-4-5-10(6-9(8)2)12(15)14-11(7-18-3)13(16)17/h4-6,11H,7H2,1-3H3,(H,14,15)(H,16,17). The van der Waals surface area contributed by atoms with Crippen molar-refractivity contribution in [2.75, 3.05) is 13.7 Å². The number of aryl methyl sites for hydroxylation is 2. The fourth-order valence-corrected chi connectivity index (χ4v) is 1.47. The van der Waals surface area contributed by atoms with Gasteiger partial charge in [0.25, 0.3) is 5.91 Å². The summed E-state index contributed by atoms with van der Waals surface area (Å²) in [6.45, 7) is 3.78. The lowest BCUT2D eigenvalue weighted by molar-refractivity contribution is -0.140. The van der Waals surface area contributed by atoms with E-state index in [0.29, 0.717) is 5.56 Å². The highest BCUT2D eigenvalue weighted by molar-refractivity contribution is 5.96. The van der Waals surface area contributed by atoms with Crippen molar-refractivity contribution in [2.24, 2.45) is 0 Å². The van der Waals surface area contributed by atoms with Gasteiger partial charge in [-0.2, -0.15) is 0 Å². The molecule has 1 unspecified atom stereocenters. The molecule has 0 fully saturated rings. The van der Waals surface area contributed by atoms with Crippen molar-refractivity contribution in [1.82, 2.24) is 5.32 Å². The van der Waals surface area contributed by atoms with Gasteiger partial charge in [-0.1, -0.05) is 6.07 Å². The van der Waals surface area contributed by atoms with Crippen LogP contribution in [0.2, 0.25) is 0 Å². The summed E-state index contributed by atoms with van der Waals surface area (Å²) < 4.78 is 4.75. The minimum absolute atomic E-state index is 0.0636. The molecule has 0 aliphatic heterocycles. The van der Waals surface area contributed by atoms with Crippen LogP contribution in [0.25, 0.3) is 0 Å². The molecule has 1 aromatic rings. The Balaban J connectivity index is 2.80. The van der Waals surface area contributed by atoms with Gasteiger partial charge in [-0.25, -0.2) is 4.79 Å². The van der Waals surface area contributed by atoms with Crippen LogP contribution < -0.4 is 5.32 Å². The number of methoxy groups -OCH3 is 1. The Morgan fingerprint density at radius 1 is 1.33 bits per heavy atom. The zero-order valence-corrected chi connectivity index (χ0v) is 10.7. The Labute approximate surface area is 106 Å². The van der Waals surface area contributed by atoms with Crippen LogP contribution >= 0.6 is 0 Å². The monoisotopic (exact) mass is 251 g/mol. The predicted molar refractivity (Wildman–Crippen MR) is 66.7 cm³/mol. The van der Waals surface area contributed by atoms with Crippen LogP contribution in [0, 0.1) is 13.8 Å². The molecule has 18 heavy (non-hydrogen) atoms. The van der Waals surface area contributed by atoms with E-state index in [1.807, 2.05) is 19.9 Å². The van der Waals surface area contributed by atoms with E-state index >= 15 is 0 Å². The highest BCUT2D eigenvalue weighted by atomic mass is 16.5. The maximum atomic E-state index is 11.9. The Bertz CT molecular complexity index is 456. The highest BCUT2D eigenvalue weighted by Gasteiger charge is 2.20. The minimum Gasteiger partial charge on any atom is -0.480 e. The molecular weight excluding hydrogens is 234 g/mol. The molecule has 5 heteroatoms. The van der Waals surface area contributed by atoms with Crippen molar-refractivity contribution >= 4 is 11.9 Å². The molecule has 0 saturated carbocycles. The zero-order chi connectivity index (χ0) is 13.7. The third kappa shape index (κ3) is 3.56. The van der Waals surface area contributed by atoms with Gasteiger partial charge < -0.3 is 15.2 Å². The smallest absolute Gasteiger partial charge is 0.328 e. The van der Waals surface area contributed by atoms with Crippen LogP contribution in [0.4, 0.5) is 0 Å². The summed E-state index contributed by atoms with van der Waals surface area (Å²) in [4.78, 5) is 22.8. The molecule has 0 saturated heterocycles. The van der Waals surface area contributed by atoms with Crippen LogP contribution in [-0.2, 0) is 9.53 Å². The van der Waals surface area contributed by atoms with Crippen LogP contribution in [0.3, 0.4) is 0 Å². The maximum absolute atomic E-state index is 11.9. The molecule has 1 aromatic carbocycles. The van der Waals surface area contributed by atoms with E-state index < -0.39 is 17.9 Å². The second-order valence-corrected chi connectivity index (χ2v) is 4.12. The average Bonchev–Trinajstić information content (AvgIpc) is 2.31. The Morgan fingerprint density at radius 3 is 2.50 bits per heavy atom. The first-order valence-corrected chi connectivity index (χ1v) is 5.55. The fourth-order valence-electron chi connectivity index (χ4n) is 1.47. The molecule has 0 heterocycles. The molecule has 0 spiro atoms. The lowest BCUT2D eigenvalue weighted by Crippen LogP contribution is -2.43. The maximum Gasteiger partial charge on any atom is 0.328 e. The molecule has 5 nitrogen and oxygen atoms in total. The van der Waals surface area contributed by atoms with Crippen LogP contribution in [-0.4, -0.2) is 36.7 Å². The zero-order valence-electron chi connectivity index (χ0n) is 10.7. The molecule has 98 valence electrons. The quantitative estimate of drug-likeness (QED) is 0.822. The number of carbonyl (C=O) groups is 2. The van der Waals surface area contributed by atoms with E-state index in [-0.39, 0.29) is 6.61 Å². The minimum atomic E-state index is -1.12. The van der Waals surface area contributed by atoms with Crippen molar-refractivity contribution in [3.8, 4) is 0 Å². The van der Waals surface area contributed by atoms with Gasteiger partial charge in [0.1, 0.15) is 0 Å². The van der Waals surface area contributed by atoms with E-state index in [2.05, 4.69) is 5.32 Å². The van der Waals surface area contributed by atoms with Gasteiger partial charge in [0, 0.05) is 12.7 Å². The first-order valence-electron chi connectivity index (χ1n) is 5.55. The number of aliphatic carboxylic acids is 1. The molecule has 0 radical (unpaired) electrons. The third-order valence-electron chi connectivity index (χ3n) is 2.71. The van der Waals surface area contributed by atoms with Gasteiger partial charge in [-0.05, 0) is 37.1 Å². The summed E-state index contributed by atoms with van der Waals surface area (Å²) in [5, 5.41) is 11.3. The number of benzene rings is 1. The lowest BCUT2D eigenvalue weighted by Gasteiger charge is -2.14. The first kappa shape index (κ1) is 14.2. The van der Waals surface area contributed by atoms with Crippen molar-refractivity contribution in [3.05, 3.63) is 34.9 Å².